The maximum Gasteiger partial charge on any atom is 0.109 e. The highest BCUT2D eigenvalue weighted by molar-refractivity contribution is 5.77. The van der Waals surface area contributed by atoms with Crippen LogP contribution in [0.4, 0.5) is 0 Å². The summed E-state index contributed by atoms with van der Waals surface area (Å²) in [7, 11) is 0. The van der Waals surface area contributed by atoms with Crippen molar-refractivity contribution in [1.82, 2.24) is 9.97 Å². The molecule has 4 nitrogen and oxygen atoms in total. The molecular formula is C18H17N4. The van der Waals surface area contributed by atoms with Gasteiger partial charge in [0.25, 0.3) is 0 Å². The lowest BCUT2D eigenvalue weighted by Crippen LogP contribution is -1.97. The van der Waals surface area contributed by atoms with E-state index < -0.39 is 0 Å². The second-order valence-electron chi connectivity index (χ2n) is 5.00. The van der Waals surface area contributed by atoms with E-state index in [-0.39, 0.29) is 0 Å². The monoisotopic (exact) mass is 289 g/mol. The van der Waals surface area contributed by atoms with E-state index in [2.05, 4.69) is 16.2 Å². The van der Waals surface area contributed by atoms with Crippen LogP contribution >= 0.6 is 0 Å². The molecule has 3 aromatic rings. The Balaban J connectivity index is 2.04. The molecule has 4 N–H and O–H groups in total. The maximum absolute atomic E-state index is 5.64. The topological polar surface area (TPSA) is 77.8 Å². The Morgan fingerprint density at radius 2 is 1.23 bits per heavy atom. The third-order valence-electron chi connectivity index (χ3n) is 3.58. The predicted octanol–water partition coefficient (Wildman–Crippen LogP) is 2.53. The van der Waals surface area contributed by atoms with E-state index in [0.29, 0.717) is 13.1 Å². The molecule has 0 atom stereocenters. The van der Waals surface area contributed by atoms with E-state index in [1.807, 2.05) is 48.5 Å². The summed E-state index contributed by atoms with van der Waals surface area (Å²) in [6.07, 6.45) is 4.40. The van der Waals surface area contributed by atoms with Gasteiger partial charge in [-0.1, -0.05) is 48.5 Å². The van der Waals surface area contributed by atoms with Crippen LogP contribution in [-0.2, 0) is 13.1 Å². The van der Waals surface area contributed by atoms with Gasteiger partial charge in [-0.05, 0) is 11.1 Å². The molecule has 0 aliphatic carbocycles. The second-order valence-corrected chi connectivity index (χ2v) is 5.00. The summed E-state index contributed by atoms with van der Waals surface area (Å²) in [5.41, 5.74) is 17.1. The van der Waals surface area contributed by atoms with Crippen molar-refractivity contribution >= 4 is 0 Å². The number of aromatic nitrogens is 2. The van der Waals surface area contributed by atoms with Gasteiger partial charge in [0.2, 0.25) is 0 Å². The normalized spacial score (nSPS) is 10.6. The smallest absolute Gasteiger partial charge is 0.109 e. The molecule has 0 saturated carbocycles. The molecule has 0 saturated heterocycles. The first kappa shape index (κ1) is 14.4. The molecule has 1 radical (unpaired) electrons. The zero-order valence-corrected chi connectivity index (χ0v) is 12.2. The number of benzene rings is 2. The van der Waals surface area contributed by atoms with Crippen LogP contribution in [0.2, 0.25) is 0 Å². The van der Waals surface area contributed by atoms with Crippen LogP contribution in [0.15, 0.2) is 54.7 Å². The van der Waals surface area contributed by atoms with Crippen LogP contribution in [0.5, 0.6) is 0 Å². The minimum Gasteiger partial charge on any atom is -0.326 e. The fraction of sp³-hybridized carbons (Fsp3) is 0.111. The van der Waals surface area contributed by atoms with E-state index in [1.165, 1.54) is 0 Å². The molecule has 0 aliphatic rings. The predicted molar refractivity (Wildman–Crippen MR) is 87.5 cm³/mol. The van der Waals surface area contributed by atoms with Gasteiger partial charge < -0.3 is 11.5 Å². The summed E-state index contributed by atoms with van der Waals surface area (Å²) < 4.78 is 0. The lowest BCUT2D eigenvalue weighted by atomic mass is 10.0. The first-order valence-electron chi connectivity index (χ1n) is 7.13. The van der Waals surface area contributed by atoms with Crippen molar-refractivity contribution in [2.24, 2.45) is 11.5 Å². The molecule has 0 fully saturated rings. The third kappa shape index (κ3) is 2.88. The second kappa shape index (κ2) is 6.47. The minimum atomic E-state index is 0.528. The Kier molecular flexibility index (Phi) is 4.23. The average molecular weight is 289 g/mol. The van der Waals surface area contributed by atoms with Crippen molar-refractivity contribution in [2.45, 2.75) is 13.1 Å². The largest absolute Gasteiger partial charge is 0.326 e. The van der Waals surface area contributed by atoms with Gasteiger partial charge in [-0.25, -0.2) is 4.98 Å². The maximum atomic E-state index is 5.64. The summed E-state index contributed by atoms with van der Waals surface area (Å²) in [6.45, 7) is 1.06. The van der Waals surface area contributed by atoms with Crippen molar-refractivity contribution in [2.75, 3.05) is 0 Å². The van der Waals surface area contributed by atoms with E-state index >= 15 is 0 Å². The number of nitrogens with two attached hydrogens (primary N) is 2. The van der Waals surface area contributed by atoms with E-state index in [1.54, 1.807) is 6.20 Å². The standard InChI is InChI=1S/C18H17N4/c19-11-13-1-5-15(6-2-13)17-18(22-10-9-21-17)16-7-3-14(12-20)4-8-16/h1-9H,11-12,19-20H2. The first-order chi connectivity index (χ1) is 10.8. The fourth-order valence-electron chi connectivity index (χ4n) is 2.31. The highest BCUT2D eigenvalue weighted by Crippen LogP contribution is 2.28. The highest BCUT2D eigenvalue weighted by atomic mass is 14.8. The van der Waals surface area contributed by atoms with Crippen LogP contribution in [-0.4, -0.2) is 9.97 Å². The Labute approximate surface area is 129 Å². The molecule has 3 rings (SSSR count). The summed E-state index contributed by atoms with van der Waals surface area (Å²) in [6, 6.07) is 16.1. The summed E-state index contributed by atoms with van der Waals surface area (Å²) >= 11 is 0. The number of hydrogen-bond acceptors (Lipinski definition) is 4. The molecule has 2 aromatic carbocycles. The Morgan fingerprint density at radius 3 is 1.73 bits per heavy atom. The molecular weight excluding hydrogens is 272 g/mol. The molecule has 0 amide bonds. The molecule has 0 aliphatic heterocycles. The quantitative estimate of drug-likeness (QED) is 0.773. The highest BCUT2D eigenvalue weighted by Gasteiger charge is 2.10. The van der Waals surface area contributed by atoms with Gasteiger partial charge in [-0.15, -0.1) is 0 Å². The van der Waals surface area contributed by atoms with E-state index in [0.717, 1.165) is 33.6 Å². The van der Waals surface area contributed by atoms with Gasteiger partial charge in [-0.2, -0.15) is 0 Å². The number of nitrogens with zero attached hydrogens (tertiary/aromatic N) is 2. The van der Waals surface area contributed by atoms with Gasteiger partial charge in [-0.3, -0.25) is 4.98 Å². The zero-order valence-electron chi connectivity index (χ0n) is 12.2. The molecule has 1 heterocycles. The Morgan fingerprint density at radius 1 is 0.727 bits per heavy atom. The van der Waals surface area contributed by atoms with Gasteiger partial charge in [0.15, 0.2) is 0 Å². The Hall–Kier alpha value is -2.56. The van der Waals surface area contributed by atoms with Crippen LogP contribution in [0.1, 0.15) is 11.1 Å². The minimum absolute atomic E-state index is 0.528. The summed E-state index contributed by atoms with van der Waals surface area (Å²) in [4.78, 5) is 8.83. The third-order valence-corrected chi connectivity index (χ3v) is 3.58. The van der Waals surface area contributed by atoms with Crippen LogP contribution in [0.25, 0.3) is 22.5 Å². The van der Waals surface area contributed by atoms with E-state index in [9.17, 15) is 0 Å². The number of rotatable bonds is 4. The molecule has 22 heavy (non-hydrogen) atoms. The van der Waals surface area contributed by atoms with E-state index in [4.69, 9.17) is 11.5 Å². The van der Waals surface area contributed by atoms with Crippen molar-refractivity contribution in [3.63, 3.8) is 0 Å². The summed E-state index contributed by atoms with van der Waals surface area (Å²) in [5, 5.41) is 0. The first-order valence-corrected chi connectivity index (χ1v) is 7.13. The molecule has 109 valence electrons. The van der Waals surface area contributed by atoms with Gasteiger partial charge in [0.05, 0.1) is 17.6 Å². The van der Waals surface area contributed by atoms with Crippen molar-refractivity contribution in [1.29, 1.82) is 0 Å². The summed E-state index contributed by atoms with van der Waals surface area (Å²) in [5.74, 6) is 0. The molecule has 0 spiro atoms. The van der Waals surface area contributed by atoms with Crippen molar-refractivity contribution < 1.29 is 0 Å². The average Bonchev–Trinajstić information content (AvgIpc) is 2.62. The molecule has 0 unspecified atom stereocenters. The van der Waals surface area contributed by atoms with Gasteiger partial charge in [0, 0.05) is 24.2 Å². The van der Waals surface area contributed by atoms with Crippen molar-refractivity contribution in [3.8, 4) is 22.5 Å². The molecule has 1 aromatic heterocycles. The van der Waals surface area contributed by atoms with Crippen molar-refractivity contribution in [3.05, 3.63) is 72.1 Å². The fourth-order valence-corrected chi connectivity index (χ4v) is 2.31. The lowest BCUT2D eigenvalue weighted by molar-refractivity contribution is 1.07. The van der Waals surface area contributed by atoms with Crippen LogP contribution in [0, 0.1) is 6.20 Å². The molecule has 4 heteroatoms. The zero-order chi connectivity index (χ0) is 15.4. The molecule has 0 bridgehead atoms. The van der Waals surface area contributed by atoms with Crippen LogP contribution in [0.3, 0.4) is 0 Å². The van der Waals surface area contributed by atoms with Crippen LogP contribution < -0.4 is 11.5 Å². The Bertz CT molecular complexity index is 682. The van der Waals surface area contributed by atoms with Gasteiger partial charge >= 0.3 is 0 Å². The van der Waals surface area contributed by atoms with Gasteiger partial charge in [0.1, 0.15) is 6.20 Å². The lowest BCUT2D eigenvalue weighted by Gasteiger charge is -2.09. The number of hydrogen-bond donors (Lipinski definition) is 2. The SMILES string of the molecule is NCc1ccc(-c2n[c]cnc2-c2ccc(CN)cc2)cc1.